The average molecular weight is 268 g/mol. The summed E-state index contributed by atoms with van der Waals surface area (Å²) in [5.41, 5.74) is 0. The largest absolute Gasteiger partial charge is 0.0826 e. The van der Waals surface area contributed by atoms with Gasteiger partial charge >= 0.3 is 0 Å². The molecule has 0 radical (unpaired) electrons. The summed E-state index contributed by atoms with van der Waals surface area (Å²) in [6.07, 6.45) is 9.86. The molecule has 0 N–H and O–H groups in total. The molecular weight excluding hydrogens is 247 g/mol. The quantitative estimate of drug-likeness (QED) is 0.360. The van der Waals surface area contributed by atoms with Gasteiger partial charge < -0.3 is 0 Å². The van der Waals surface area contributed by atoms with E-state index in [1.807, 2.05) is 0 Å². The molecule has 0 aromatic carbocycles. The molecule has 0 heterocycles. The first-order valence-electron chi connectivity index (χ1n) is 4.95. The van der Waals surface area contributed by atoms with Crippen LogP contribution in [0.3, 0.4) is 0 Å². The van der Waals surface area contributed by atoms with E-state index in [0.29, 0.717) is 0 Å². The Kier molecular flexibility index (Phi) is 9.41. The minimum atomic E-state index is 0.944. The summed E-state index contributed by atoms with van der Waals surface area (Å²) in [6.45, 7) is 4.55. The van der Waals surface area contributed by atoms with Crippen molar-refractivity contribution in [2.75, 3.05) is 0 Å². The Morgan fingerprint density at radius 3 is 2.00 bits per heavy atom. The Labute approximate surface area is 85.3 Å². The van der Waals surface area contributed by atoms with Crippen molar-refractivity contribution in [1.82, 2.24) is 0 Å². The van der Waals surface area contributed by atoms with Crippen LogP contribution in [0.15, 0.2) is 0 Å². The van der Waals surface area contributed by atoms with Crippen LogP contribution in [0.2, 0.25) is 0 Å². The molecule has 0 spiro atoms. The molecule has 0 aliphatic rings. The van der Waals surface area contributed by atoms with Crippen molar-refractivity contribution in [1.29, 1.82) is 0 Å². The number of hydrogen-bond donors (Lipinski definition) is 0. The van der Waals surface area contributed by atoms with Crippen LogP contribution in [0.1, 0.15) is 58.8 Å². The Morgan fingerprint density at radius 1 is 0.909 bits per heavy atom. The van der Waals surface area contributed by atoms with E-state index in [-0.39, 0.29) is 0 Å². The van der Waals surface area contributed by atoms with Crippen LogP contribution < -0.4 is 0 Å². The summed E-state index contributed by atoms with van der Waals surface area (Å²) in [7, 11) is 0. The van der Waals surface area contributed by atoms with Crippen molar-refractivity contribution in [3.8, 4) is 0 Å². The Hall–Kier alpha value is 0.730. The second-order valence-electron chi connectivity index (χ2n) is 3.24. The van der Waals surface area contributed by atoms with E-state index < -0.39 is 0 Å². The molecule has 0 aromatic rings. The van der Waals surface area contributed by atoms with Gasteiger partial charge in [0.15, 0.2) is 0 Å². The summed E-state index contributed by atoms with van der Waals surface area (Å²) in [6, 6.07) is 0. The molecule has 0 rings (SSSR count). The van der Waals surface area contributed by atoms with E-state index in [1.54, 1.807) is 0 Å². The van der Waals surface area contributed by atoms with Crippen LogP contribution in [-0.2, 0) is 0 Å². The van der Waals surface area contributed by atoms with Crippen molar-refractivity contribution >= 4 is 22.6 Å². The second-order valence-corrected chi connectivity index (χ2v) is 5.00. The van der Waals surface area contributed by atoms with Gasteiger partial charge in [-0.25, -0.2) is 0 Å². The fourth-order valence-corrected chi connectivity index (χ4v) is 2.07. The maximum absolute atomic E-state index is 2.60. The molecule has 0 bridgehead atoms. The van der Waals surface area contributed by atoms with Gasteiger partial charge in [0.2, 0.25) is 0 Å². The molecule has 0 aromatic heterocycles. The molecule has 0 aliphatic carbocycles. The van der Waals surface area contributed by atoms with E-state index in [9.17, 15) is 0 Å². The third-order valence-corrected chi connectivity index (χ3v) is 3.24. The van der Waals surface area contributed by atoms with Gasteiger partial charge in [-0.05, 0) is 12.8 Å². The highest BCUT2D eigenvalue weighted by atomic mass is 127. The minimum absolute atomic E-state index is 0.944. The smallest absolute Gasteiger partial charge is 0.0110 e. The minimum Gasteiger partial charge on any atom is -0.0826 e. The van der Waals surface area contributed by atoms with Crippen LogP contribution in [0, 0.1) is 0 Å². The molecule has 1 heteroatoms. The molecule has 0 saturated carbocycles. The monoisotopic (exact) mass is 268 g/mol. The zero-order valence-electron chi connectivity index (χ0n) is 7.91. The first kappa shape index (κ1) is 11.7. The highest BCUT2D eigenvalue weighted by molar-refractivity contribution is 14.1. The van der Waals surface area contributed by atoms with Gasteiger partial charge in [0, 0.05) is 3.92 Å². The van der Waals surface area contributed by atoms with Crippen LogP contribution in [-0.4, -0.2) is 3.92 Å². The lowest BCUT2D eigenvalue weighted by molar-refractivity contribution is 0.610. The standard InChI is InChI=1S/C10H21I/c1-3-5-7-9-10(11)8-6-4-2/h10H,3-9H2,1-2H3. The highest BCUT2D eigenvalue weighted by Gasteiger charge is 2.01. The zero-order chi connectivity index (χ0) is 8.53. The molecular formula is C10H21I. The number of unbranched alkanes of at least 4 members (excludes halogenated alkanes) is 3. The Morgan fingerprint density at radius 2 is 1.45 bits per heavy atom. The third kappa shape index (κ3) is 8.64. The molecule has 68 valence electrons. The van der Waals surface area contributed by atoms with E-state index in [2.05, 4.69) is 36.4 Å². The van der Waals surface area contributed by atoms with Crippen LogP contribution in [0.4, 0.5) is 0 Å². The van der Waals surface area contributed by atoms with Crippen LogP contribution >= 0.6 is 22.6 Å². The van der Waals surface area contributed by atoms with Gasteiger partial charge in [0.05, 0.1) is 0 Å². The maximum atomic E-state index is 2.60. The molecule has 0 fully saturated rings. The van der Waals surface area contributed by atoms with Gasteiger partial charge in [-0.2, -0.15) is 0 Å². The summed E-state index contributed by atoms with van der Waals surface area (Å²) in [4.78, 5) is 0. The predicted molar refractivity (Wildman–Crippen MR) is 61.5 cm³/mol. The maximum Gasteiger partial charge on any atom is 0.0110 e. The van der Waals surface area contributed by atoms with Crippen molar-refractivity contribution in [3.05, 3.63) is 0 Å². The average Bonchev–Trinajstić information content (AvgIpc) is 2.01. The first-order chi connectivity index (χ1) is 5.31. The summed E-state index contributed by atoms with van der Waals surface area (Å²) < 4.78 is 0.944. The van der Waals surface area contributed by atoms with E-state index >= 15 is 0 Å². The molecule has 0 aliphatic heterocycles. The number of halogens is 1. The van der Waals surface area contributed by atoms with E-state index in [4.69, 9.17) is 0 Å². The fourth-order valence-electron chi connectivity index (χ4n) is 1.19. The van der Waals surface area contributed by atoms with E-state index in [0.717, 1.165) is 3.92 Å². The van der Waals surface area contributed by atoms with Crippen molar-refractivity contribution in [2.24, 2.45) is 0 Å². The third-order valence-electron chi connectivity index (χ3n) is 1.99. The number of hydrogen-bond acceptors (Lipinski definition) is 0. The Bertz CT molecular complexity index is 71.3. The lowest BCUT2D eigenvalue weighted by Gasteiger charge is -2.07. The number of rotatable bonds is 7. The molecule has 1 unspecified atom stereocenters. The molecule has 0 saturated heterocycles. The lowest BCUT2D eigenvalue weighted by atomic mass is 10.1. The second kappa shape index (κ2) is 8.82. The topological polar surface area (TPSA) is 0 Å². The predicted octanol–water partition coefficient (Wildman–Crippen LogP) is 4.56. The van der Waals surface area contributed by atoms with Gasteiger partial charge in [0.25, 0.3) is 0 Å². The van der Waals surface area contributed by atoms with Crippen LogP contribution in [0.25, 0.3) is 0 Å². The zero-order valence-corrected chi connectivity index (χ0v) is 10.1. The van der Waals surface area contributed by atoms with Crippen molar-refractivity contribution in [2.45, 2.75) is 62.7 Å². The summed E-state index contributed by atoms with van der Waals surface area (Å²) in [5, 5.41) is 0. The van der Waals surface area contributed by atoms with Gasteiger partial charge in [0.1, 0.15) is 0 Å². The molecule has 1 atom stereocenters. The molecule has 0 amide bonds. The summed E-state index contributed by atoms with van der Waals surface area (Å²) >= 11 is 2.60. The first-order valence-corrected chi connectivity index (χ1v) is 6.19. The normalized spacial score (nSPS) is 13.4. The highest BCUT2D eigenvalue weighted by Crippen LogP contribution is 2.17. The van der Waals surface area contributed by atoms with Gasteiger partial charge in [-0.3, -0.25) is 0 Å². The summed E-state index contributed by atoms with van der Waals surface area (Å²) in [5.74, 6) is 0. The Balaban J connectivity index is 3.02. The van der Waals surface area contributed by atoms with Gasteiger partial charge in [-0.15, -0.1) is 0 Å². The molecule has 11 heavy (non-hydrogen) atoms. The van der Waals surface area contributed by atoms with Gasteiger partial charge in [-0.1, -0.05) is 68.5 Å². The number of alkyl halides is 1. The fraction of sp³-hybridized carbons (Fsp3) is 1.00. The SMILES string of the molecule is CCCCCC(I)CCCC. The van der Waals surface area contributed by atoms with E-state index in [1.165, 1.54) is 44.9 Å². The van der Waals surface area contributed by atoms with Crippen molar-refractivity contribution in [3.63, 3.8) is 0 Å². The lowest BCUT2D eigenvalue weighted by Crippen LogP contribution is -1.96. The molecule has 0 nitrogen and oxygen atoms in total. The van der Waals surface area contributed by atoms with Crippen molar-refractivity contribution < 1.29 is 0 Å². The van der Waals surface area contributed by atoms with Crippen LogP contribution in [0.5, 0.6) is 0 Å².